The number of likely N-dealkylation sites (tertiary alicyclic amines) is 1. The van der Waals surface area contributed by atoms with Crippen molar-refractivity contribution >= 4 is 40.7 Å². The molecule has 0 radical (unpaired) electrons. The summed E-state index contributed by atoms with van der Waals surface area (Å²) in [5, 5.41) is 11.8. The summed E-state index contributed by atoms with van der Waals surface area (Å²) < 4.78 is 0. The van der Waals surface area contributed by atoms with E-state index in [-0.39, 0.29) is 11.3 Å². The number of hydrogen-bond donors (Lipinski definition) is 1. The molecule has 7 heteroatoms. The molecule has 2 aromatic rings. The van der Waals surface area contributed by atoms with E-state index in [4.69, 9.17) is 23.2 Å². The smallest absolute Gasteiger partial charge is 0.295 e. The predicted octanol–water partition coefficient (Wildman–Crippen LogP) is 5.46. The molecule has 0 bridgehead atoms. The molecule has 1 unspecified atom stereocenters. The van der Waals surface area contributed by atoms with Crippen molar-refractivity contribution in [2.24, 2.45) is 0 Å². The molecule has 1 amide bonds. The van der Waals surface area contributed by atoms with Gasteiger partial charge in [-0.2, -0.15) is 0 Å². The summed E-state index contributed by atoms with van der Waals surface area (Å²) >= 11 is 12.3. The first-order chi connectivity index (χ1) is 15.3. The molecule has 170 valence electrons. The number of carbonyl (C=O) groups excluding carboxylic acids is 2. The maximum Gasteiger partial charge on any atom is 0.295 e. The van der Waals surface area contributed by atoms with Crippen LogP contribution >= 0.6 is 23.2 Å². The van der Waals surface area contributed by atoms with Gasteiger partial charge in [-0.15, -0.1) is 0 Å². The number of halogens is 2. The van der Waals surface area contributed by atoms with Crippen LogP contribution in [0.4, 0.5) is 0 Å². The van der Waals surface area contributed by atoms with Crippen LogP contribution in [0.15, 0.2) is 48.0 Å². The average molecular weight is 475 g/mol. The Bertz CT molecular complexity index is 1030. The first kappa shape index (κ1) is 24.3. The number of hydrogen-bond acceptors (Lipinski definition) is 4. The van der Waals surface area contributed by atoms with Gasteiger partial charge in [-0.1, -0.05) is 72.9 Å². The van der Waals surface area contributed by atoms with Gasteiger partial charge in [0.1, 0.15) is 5.76 Å². The van der Waals surface area contributed by atoms with E-state index >= 15 is 0 Å². The molecule has 1 fully saturated rings. The van der Waals surface area contributed by atoms with E-state index in [1.807, 2.05) is 19.1 Å². The van der Waals surface area contributed by atoms with Gasteiger partial charge in [0.05, 0.1) is 21.7 Å². The van der Waals surface area contributed by atoms with E-state index < -0.39 is 17.7 Å². The van der Waals surface area contributed by atoms with Crippen molar-refractivity contribution < 1.29 is 14.7 Å². The van der Waals surface area contributed by atoms with E-state index in [1.54, 1.807) is 30.3 Å². The number of ketones is 1. The van der Waals surface area contributed by atoms with Crippen LogP contribution in [0.25, 0.3) is 5.76 Å². The highest BCUT2D eigenvalue weighted by Gasteiger charge is 2.45. The van der Waals surface area contributed by atoms with E-state index in [1.165, 1.54) is 4.90 Å². The number of amides is 1. The molecule has 0 aromatic heterocycles. The van der Waals surface area contributed by atoms with Crippen molar-refractivity contribution in [3.05, 3.63) is 74.8 Å². The van der Waals surface area contributed by atoms with Crippen LogP contribution < -0.4 is 0 Å². The Morgan fingerprint density at radius 2 is 1.69 bits per heavy atom. The minimum atomic E-state index is -0.734. The van der Waals surface area contributed by atoms with Gasteiger partial charge in [-0.05, 0) is 50.7 Å². The highest BCUT2D eigenvalue weighted by Crippen LogP contribution is 2.41. The first-order valence-electron chi connectivity index (χ1n) is 10.8. The highest BCUT2D eigenvalue weighted by atomic mass is 35.5. The molecular weight excluding hydrogens is 447 g/mol. The zero-order valence-electron chi connectivity index (χ0n) is 18.6. The molecule has 0 saturated carbocycles. The second-order valence-corrected chi connectivity index (χ2v) is 8.73. The minimum Gasteiger partial charge on any atom is -0.507 e. The summed E-state index contributed by atoms with van der Waals surface area (Å²) in [6, 6.07) is 11.5. The Hall–Kier alpha value is -2.34. The van der Waals surface area contributed by atoms with Crippen LogP contribution in [0.2, 0.25) is 10.0 Å². The molecule has 0 spiro atoms. The predicted molar refractivity (Wildman–Crippen MR) is 129 cm³/mol. The fourth-order valence-electron chi connectivity index (χ4n) is 4.01. The number of rotatable bonds is 8. The molecule has 3 rings (SSSR count). The van der Waals surface area contributed by atoms with E-state index in [9.17, 15) is 14.7 Å². The topological polar surface area (TPSA) is 60.9 Å². The van der Waals surface area contributed by atoms with E-state index in [0.29, 0.717) is 34.1 Å². The maximum atomic E-state index is 13.1. The standard InChI is InChI=1S/C25H28Cl2N2O3/c1-4-28(5-2)13-6-14-29-22(18-11-12-19(26)20(27)15-18)21(24(31)25(29)32)23(30)17-9-7-16(3)8-10-17/h7-12,15,22,30H,4-6,13-14H2,1-3H3. The monoisotopic (exact) mass is 474 g/mol. The van der Waals surface area contributed by atoms with Gasteiger partial charge in [-0.3, -0.25) is 9.59 Å². The van der Waals surface area contributed by atoms with Crippen LogP contribution in [0.3, 0.4) is 0 Å². The molecule has 5 nitrogen and oxygen atoms in total. The van der Waals surface area contributed by atoms with Gasteiger partial charge in [-0.25, -0.2) is 0 Å². The van der Waals surface area contributed by atoms with Crippen molar-refractivity contribution in [3.8, 4) is 0 Å². The molecule has 1 N–H and O–H groups in total. The maximum absolute atomic E-state index is 13.1. The molecule has 0 aliphatic carbocycles. The lowest BCUT2D eigenvalue weighted by Crippen LogP contribution is -2.33. The number of aryl methyl sites for hydroxylation is 1. The lowest BCUT2D eigenvalue weighted by Gasteiger charge is -2.27. The van der Waals surface area contributed by atoms with E-state index in [0.717, 1.165) is 25.2 Å². The van der Waals surface area contributed by atoms with E-state index in [2.05, 4.69) is 18.7 Å². The quantitative estimate of drug-likeness (QED) is 0.313. The van der Waals surface area contributed by atoms with Crippen molar-refractivity contribution in [1.29, 1.82) is 0 Å². The molecule has 1 heterocycles. The third kappa shape index (κ3) is 5.01. The van der Waals surface area contributed by atoms with Gasteiger partial charge < -0.3 is 14.9 Å². The van der Waals surface area contributed by atoms with Crippen LogP contribution in [0.1, 0.15) is 43.0 Å². The van der Waals surface area contributed by atoms with Crippen LogP contribution in [-0.4, -0.2) is 52.8 Å². The van der Waals surface area contributed by atoms with Crippen molar-refractivity contribution in [1.82, 2.24) is 9.80 Å². The van der Waals surface area contributed by atoms with Gasteiger partial charge >= 0.3 is 0 Å². The molecule has 1 saturated heterocycles. The summed E-state index contributed by atoms with van der Waals surface area (Å²) in [5.41, 5.74) is 2.22. The minimum absolute atomic E-state index is 0.0695. The highest BCUT2D eigenvalue weighted by molar-refractivity contribution is 6.46. The lowest BCUT2D eigenvalue weighted by atomic mass is 9.95. The average Bonchev–Trinajstić information content (AvgIpc) is 3.03. The molecule has 1 aliphatic rings. The van der Waals surface area contributed by atoms with Gasteiger partial charge in [0.25, 0.3) is 11.7 Å². The fraction of sp³-hybridized carbons (Fsp3) is 0.360. The third-order valence-corrected chi connectivity index (χ3v) is 6.63. The Balaban J connectivity index is 2.05. The van der Waals surface area contributed by atoms with Crippen LogP contribution in [-0.2, 0) is 9.59 Å². The number of aliphatic hydroxyl groups is 1. The van der Waals surface area contributed by atoms with Gasteiger partial charge in [0.15, 0.2) is 0 Å². The lowest BCUT2D eigenvalue weighted by molar-refractivity contribution is -0.140. The number of aliphatic hydroxyl groups excluding tert-OH is 1. The zero-order chi connectivity index (χ0) is 23.4. The molecular formula is C25H28Cl2N2O3. The Labute approximate surface area is 199 Å². The fourth-order valence-corrected chi connectivity index (χ4v) is 4.32. The zero-order valence-corrected chi connectivity index (χ0v) is 20.1. The number of nitrogens with zero attached hydrogens (tertiary/aromatic N) is 2. The van der Waals surface area contributed by atoms with Crippen molar-refractivity contribution in [3.63, 3.8) is 0 Å². The van der Waals surface area contributed by atoms with Crippen LogP contribution in [0.5, 0.6) is 0 Å². The third-order valence-electron chi connectivity index (χ3n) is 5.89. The normalized spacial score (nSPS) is 18.1. The molecule has 2 aromatic carbocycles. The molecule has 1 aliphatic heterocycles. The Morgan fingerprint density at radius 3 is 2.28 bits per heavy atom. The Kier molecular flexibility index (Phi) is 7.99. The molecule has 32 heavy (non-hydrogen) atoms. The summed E-state index contributed by atoms with van der Waals surface area (Å²) in [6.45, 7) is 9.14. The summed E-state index contributed by atoms with van der Waals surface area (Å²) in [5.74, 6) is -1.50. The molecule has 1 atom stereocenters. The summed E-state index contributed by atoms with van der Waals surface area (Å²) in [6.07, 6.45) is 0.705. The van der Waals surface area contributed by atoms with Gasteiger partial charge in [0, 0.05) is 12.1 Å². The second kappa shape index (κ2) is 10.5. The van der Waals surface area contributed by atoms with Crippen molar-refractivity contribution in [2.45, 2.75) is 33.2 Å². The SMILES string of the molecule is CCN(CC)CCCN1C(=O)C(=O)C(=C(O)c2ccc(C)cc2)C1c1ccc(Cl)c(Cl)c1. The van der Waals surface area contributed by atoms with Gasteiger partial charge in [0.2, 0.25) is 0 Å². The first-order valence-corrected chi connectivity index (χ1v) is 11.6. The number of carbonyl (C=O) groups is 2. The number of benzene rings is 2. The van der Waals surface area contributed by atoms with Crippen LogP contribution in [0, 0.1) is 6.92 Å². The largest absolute Gasteiger partial charge is 0.507 e. The van der Waals surface area contributed by atoms with Crippen molar-refractivity contribution in [2.75, 3.05) is 26.2 Å². The summed E-state index contributed by atoms with van der Waals surface area (Å²) in [7, 11) is 0. The summed E-state index contributed by atoms with van der Waals surface area (Å²) in [4.78, 5) is 29.9. The Morgan fingerprint density at radius 1 is 1.03 bits per heavy atom. The second-order valence-electron chi connectivity index (χ2n) is 7.91. The number of Topliss-reactive ketones (excluding diaryl/α,β-unsaturated/α-hetero) is 1.